The molecule has 0 radical (unpaired) electrons. The zero-order valence-electron chi connectivity index (χ0n) is 10.2. The average molecular weight is 264 g/mol. The third-order valence-electron chi connectivity index (χ3n) is 3.43. The molecule has 17 heavy (non-hydrogen) atoms. The van der Waals surface area contributed by atoms with Crippen LogP contribution in [-0.2, 0) is 9.36 Å². The summed E-state index contributed by atoms with van der Waals surface area (Å²) in [4.78, 5) is 31.7. The Hall–Kier alpha value is -0.420. The summed E-state index contributed by atoms with van der Waals surface area (Å²) in [5.74, 6) is -1.31. The highest BCUT2D eigenvalue weighted by molar-refractivity contribution is 7.52. The summed E-state index contributed by atoms with van der Waals surface area (Å²) in [5.41, 5.74) is 5.81. The van der Waals surface area contributed by atoms with Crippen molar-refractivity contribution in [1.82, 2.24) is 4.90 Å². The average Bonchev–Trinajstić information content (AvgIpc) is 2.74. The van der Waals surface area contributed by atoms with Gasteiger partial charge in [-0.3, -0.25) is 9.36 Å². The lowest BCUT2D eigenvalue weighted by Crippen LogP contribution is -2.48. The Bertz CT molecular complexity index is 330. The third-order valence-corrected chi connectivity index (χ3v) is 4.75. The van der Waals surface area contributed by atoms with Crippen molar-refractivity contribution in [2.45, 2.75) is 44.9 Å². The summed E-state index contributed by atoms with van der Waals surface area (Å²) in [6.45, 7) is 4.19. The van der Waals surface area contributed by atoms with E-state index in [0.717, 1.165) is 6.42 Å². The molecule has 0 aromatic heterocycles. The van der Waals surface area contributed by atoms with E-state index in [0.29, 0.717) is 19.4 Å². The second kappa shape index (κ2) is 5.48. The minimum atomic E-state index is -4.25. The number of likely N-dealkylation sites (tertiary alicyclic amines) is 1. The molecular formula is C10H21N2O4P. The number of amides is 1. The van der Waals surface area contributed by atoms with Crippen LogP contribution in [0.3, 0.4) is 0 Å². The molecule has 7 heteroatoms. The second-order valence-corrected chi connectivity index (χ2v) is 6.43. The smallest absolute Gasteiger partial charge is 0.327 e. The monoisotopic (exact) mass is 264 g/mol. The SMILES string of the molecule is CC[C@H](C)[C@H](N)C(=O)N1CCC[C@@H]1P(=O)(O)O. The molecule has 0 bridgehead atoms. The number of carbonyl (C=O) groups excluding carboxylic acids is 1. The first-order valence-electron chi connectivity index (χ1n) is 5.90. The van der Waals surface area contributed by atoms with Gasteiger partial charge in [-0.05, 0) is 18.8 Å². The molecular weight excluding hydrogens is 243 g/mol. The molecule has 0 aromatic carbocycles. The molecule has 1 amide bonds. The number of nitrogens with two attached hydrogens (primary N) is 1. The first kappa shape index (κ1) is 14.6. The molecule has 1 rings (SSSR count). The van der Waals surface area contributed by atoms with E-state index in [1.807, 2.05) is 13.8 Å². The Morgan fingerprint density at radius 1 is 1.59 bits per heavy atom. The zero-order chi connectivity index (χ0) is 13.2. The van der Waals surface area contributed by atoms with Crippen molar-refractivity contribution in [1.29, 1.82) is 0 Å². The van der Waals surface area contributed by atoms with E-state index in [1.54, 1.807) is 0 Å². The Morgan fingerprint density at radius 2 is 2.18 bits per heavy atom. The Morgan fingerprint density at radius 3 is 2.65 bits per heavy atom. The van der Waals surface area contributed by atoms with Crippen molar-refractivity contribution in [3.05, 3.63) is 0 Å². The lowest BCUT2D eigenvalue weighted by molar-refractivity contribution is -0.133. The topological polar surface area (TPSA) is 104 Å². The van der Waals surface area contributed by atoms with Gasteiger partial charge in [0, 0.05) is 6.54 Å². The predicted molar refractivity (Wildman–Crippen MR) is 64.2 cm³/mol. The number of nitrogens with zero attached hydrogens (tertiary/aromatic N) is 1. The van der Waals surface area contributed by atoms with Crippen molar-refractivity contribution in [3.8, 4) is 0 Å². The Labute approximate surface area is 101 Å². The zero-order valence-corrected chi connectivity index (χ0v) is 11.1. The van der Waals surface area contributed by atoms with Crippen molar-refractivity contribution >= 4 is 13.5 Å². The molecule has 1 aliphatic heterocycles. The quantitative estimate of drug-likeness (QED) is 0.641. The fourth-order valence-electron chi connectivity index (χ4n) is 2.04. The van der Waals surface area contributed by atoms with Crippen molar-refractivity contribution in [3.63, 3.8) is 0 Å². The van der Waals surface area contributed by atoms with Crippen LogP contribution in [0, 0.1) is 5.92 Å². The molecule has 1 saturated heterocycles. The summed E-state index contributed by atoms with van der Waals surface area (Å²) >= 11 is 0. The maximum absolute atomic E-state index is 12.1. The fourth-order valence-corrected chi connectivity index (χ4v) is 3.16. The van der Waals surface area contributed by atoms with Gasteiger partial charge in [0.15, 0.2) is 0 Å². The molecule has 4 N–H and O–H groups in total. The highest BCUT2D eigenvalue weighted by atomic mass is 31.2. The van der Waals surface area contributed by atoms with Crippen LogP contribution in [0.15, 0.2) is 0 Å². The number of rotatable bonds is 4. The fraction of sp³-hybridized carbons (Fsp3) is 0.900. The predicted octanol–water partition coefficient (Wildman–Crippen LogP) is 0.486. The van der Waals surface area contributed by atoms with Gasteiger partial charge in [0.25, 0.3) is 0 Å². The molecule has 1 fully saturated rings. The summed E-state index contributed by atoms with van der Waals surface area (Å²) in [7, 11) is -4.25. The molecule has 0 aromatic rings. The van der Waals surface area contributed by atoms with Crippen LogP contribution in [0.1, 0.15) is 33.1 Å². The van der Waals surface area contributed by atoms with Gasteiger partial charge in [0.05, 0.1) is 6.04 Å². The lowest BCUT2D eigenvalue weighted by atomic mass is 9.99. The minimum Gasteiger partial charge on any atom is -0.327 e. The van der Waals surface area contributed by atoms with Gasteiger partial charge in [0.2, 0.25) is 5.91 Å². The first-order valence-corrected chi connectivity index (χ1v) is 7.58. The summed E-state index contributed by atoms with van der Waals surface area (Å²) < 4.78 is 11.3. The minimum absolute atomic E-state index is 0.0144. The molecule has 3 atom stereocenters. The van der Waals surface area contributed by atoms with Gasteiger partial charge in [-0.25, -0.2) is 0 Å². The largest absolute Gasteiger partial charge is 0.347 e. The van der Waals surface area contributed by atoms with Gasteiger partial charge < -0.3 is 20.4 Å². The molecule has 0 saturated carbocycles. The number of hydrogen-bond acceptors (Lipinski definition) is 3. The van der Waals surface area contributed by atoms with Crippen LogP contribution in [0.5, 0.6) is 0 Å². The van der Waals surface area contributed by atoms with Gasteiger partial charge in [-0.2, -0.15) is 0 Å². The van der Waals surface area contributed by atoms with Crippen molar-refractivity contribution in [2.75, 3.05) is 6.54 Å². The number of hydrogen-bond donors (Lipinski definition) is 3. The molecule has 1 aliphatic rings. The van der Waals surface area contributed by atoms with Crippen LogP contribution >= 0.6 is 7.60 Å². The third kappa shape index (κ3) is 3.28. The molecule has 6 nitrogen and oxygen atoms in total. The van der Waals surface area contributed by atoms with E-state index >= 15 is 0 Å². The van der Waals surface area contributed by atoms with Crippen LogP contribution in [0.25, 0.3) is 0 Å². The van der Waals surface area contributed by atoms with Crippen molar-refractivity contribution in [2.24, 2.45) is 11.7 Å². The van der Waals surface area contributed by atoms with E-state index in [4.69, 9.17) is 5.73 Å². The molecule has 0 unspecified atom stereocenters. The molecule has 100 valence electrons. The van der Waals surface area contributed by atoms with E-state index in [1.165, 1.54) is 4.90 Å². The van der Waals surface area contributed by atoms with E-state index < -0.39 is 19.4 Å². The van der Waals surface area contributed by atoms with E-state index in [2.05, 4.69) is 0 Å². The van der Waals surface area contributed by atoms with Gasteiger partial charge in [-0.1, -0.05) is 20.3 Å². The highest BCUT2D eigenvalue weighted by Crippen LogP contribution is 2.48. The second-order valence-electron chi connectivity index (χ2n) is 4.65. The molecule has 0 aliphatic carbocycles. The Kier molecular flexibility index (Phi) is 4.72. The standard InChI is InChI=1S/C10H21N2O4P/c1-3-7(2)9(11)10(13)12-6-4-5-8(12)17(14,15)16/h7-9H,3-6,11H2,1-2H3,(H2,14,15,16)/t7-,8-,9-/m0/s1. The Balaban J connectivity index is 2.78. The summed E-state index contributed by atoms with van der Waals surface area (Å²) in [5, 5.41) is 0. The van der Waals surface area contributed by atoms with Crippen LogP contribution < -0.4 is 5.73 Å². The lowest BCUT2D eigenvalue weighted by Gasteiger charge is -2.29. The highest BCUT2D eigenvalue weighted by Gasteiger charge is 2.42. The normalized spacial score (nSPS) is 24.8. The van der Waals surface area contributed by atoms with Crippen LogP contribution in [-0.4, -0.2) is 39.0 Å². The molecule has 0 spiro atoms. The summed E-state index contributed by atoms with van der Waals surface area (Å²) in [6.07, 6.45) is 1.74. The van der Waals surface area contributed by atoms with Gasteiger partial charge >= 0.3 is 7.60 Å². The van der Waals surface area contributed by atoms with Gasteiger partial charge in [-0.15, -0.1) is 0 Å². The van der Waals surface area contributed by atoms with Gasteiger partial charge in [0.1, 0.15) is 5.78 Å². The van der Waals surface area contributed by atoms with Crippen molar-refractivity contribution < 1.29 is 19.1 Å². The van der Waals surface area contributed by atoms with E-state index in [-0.39, 0.29) is 11.8 Å². The molecule has 1 heterocycles. The summed E-state index contributed by atoms with van der Waals surface area (Å²) in [6, 6.07) is -0.674. The van der Waals surface area contributed by atoms with E-state index in [9.17, 15) is 19.1 Å². The van der Waals surface area contributed by atoms with Crippen LogP contribution in [0.2, 0.25) is 0 Å². The maximum atomic E-state index is 12.1. The van der Waals surface area contributed by atoms with Crippen LogP contribution in [0.4, 0.5) is 0 Å². The maximum Gasteiger partial charge on any atom is 0.347 e. The number of carbonyl (C=O) groups is 1. The first-order chi connectivity index (χ1) is 7.79.